The average molecular weight is 2030 g/mol. The standard InChI is InChI=1S/C30H41Cl2N3O3.C24H29Cl2N3O4.C23H28Cl2N4O3.C23H27Cl2N3O5/c1-2-3-4-5-6-7-8-9-13-19-27(37)35-21-22(20-26(36)28-24(31)17-14-18-25(28)32)29(34-35)30(38)33-23-15-11-10-12-16-23;1-24(2,3)23(32)33-14-29-13-15(12-19(30)20-17(25)10-7-11-18(20)26)21(28-29)22(31)27-16-8-5-4-6-9-16;1-13(2)20(26)23(32)29-12-14(11-18(30)19-16(24)9-6-10-17(19)25)21(28-29)22(31)27-15-7-4-3-5-8-15;1-14(2)33-23(31)32-13-28-12-15(11-19(29)20-17(24)9-6-10-18(20)25)21(27-28)22(30)26-16-7-4-3-5-8-16/h14,17-18,21,23H,2-13,15-16,19-20H2,1H3,(H,33,38);7,10-11,13,16H,4-6,8-9,12,14H2,1-3H3,(H,27,31);6,9-10,12-13,15,20H,3-5,7-8,11,26H2,1-2H3,(H,27,31);6,9-10,12,14,16H,3-5,7-8,11,13H2,1-2H3,(H,26,30). The molecule has 8 aromatic rings. The number of amides is 4. The largest absolute Gasteiger partial charge is 0.510 e. The molecule has 12 rings (SSSR count). The molecular formula is C100H125Cl8N13O15. The van der Waals surface area contributed by atoms with Gasteiger partial charge in [-0.3, -0.25) is 52.7 Å². The number of hydrogen-bond donors (Lipinski definition) is 5. The second kappa shape index (κ2) is 54.8. The summed E-state index contributed by atoms with van der Waals surface area (Å²) in [5.74, 6) is -3.98. The van der Waals surface area contributed by atoms with Crippen molar-refractivity contribution < 1.29 is 71.7 Å². The highest BCUT2D eigenvalue weighted by atomic mass is 35.5. The van der Waals surface area contributed by atoms with Crippen LogP contribution in [0.5, 0.6) is 0 Å². The fourth-order valence-corrected chi connectivity index (χ4v) is 18.8. The van der Waals surface area contributed by atoms with Gasteiger partial charge in [-0.15, -0.1) is 0 Å². The molecule has 36 heteroatoms. The lowest BCUT2D eigenvalue weighted by Gasteiger charge is -2.22. The van der Waals surface area contributed by atoms with E-state index < -0.39 is 35.4 Å². The molecule has 4 amide bonds. The molecule has 4 fully saturated rings. The van der Waals surface area contributed by atoms with Gasteiger partial charge < -0.3 is 41.2 Å². The summed E-state index contributed by atoms with van der Waals surface area (Å²) in [6.45, 7) is 14.1. The number of ketones is 4. The predicted octanol–water partition coefficient (Wildman–Crippen LogP) is 23.0. The lowest BCUT2D eigenvalue weighted by atomic mass is 9.95. The Morgan fingerprint density at radius 1 is 0.390 bits per heavy atom. The van der Waals surface area contributed by atoms with E-state index in [4.69, 9.17) is 113 Å². The van der Waals surface area contributed by atoms with E-state index in [0.717, 1.165) is 140 Å². The van der Waals surface area contributed by atoms with Crippen molar-refractivity contribution in [2.75, 3.05) is 0 Å². The van der Waals surface area contributed by atoms with Crippen LogP contribution in [0.3, 0.4) is 0 Å². The van der Waals surface area contributed by atoms with Gasteiger partial charge in [0.15, 0.2) is 59.4 Å². The number of aromatic nitrogens is 8. The molecule has 4 aromatic carbocycles. The number of ether oxygens (including phenoxy) is 3. The number of carbonyl (C=O) groups is 12. The molecule has 136 heavy (non-hydrogen) atoms. The van der Waals surface area contributed by atoms with Crippen LogP contribution in [0.1, 0.15) is 363 Å². The van der Waals surface area contributed by atoms with Crippen molar-refractivity contribution >= 4 is 164 Å². The minimum absolute atomic E-state index is 0.0383. The zero-order valence-corrected chi connectivity index (χ0v) is 84.6. The van der Waals surface area contributed by atoms with E-state index in [1.54, 1.807) is 114 Å². The fourth-order valence-electron chi connectivity index (χ4n) is 16.3. The normalized spacial score (nSPS) is 14.6. The summed E-state index contributed by atoms with van der Waals surface area (Å²) in [6.07, 6.45) is 35.5. The van der Waals surface area contributed by atoms with Gasteiger partial charge in [-0.05, 0) is 147 Å². The van der Waals surface area contributed by atoms with Gasteiger partial charge in [0.2, 0.25) is 5.91 Å². The molecule has 0 aliphatic heterocycles. The van der Waals surface area contributed by atoms with E-state index in [9.17, 15) is 57.5 Å². The van der Waals surface area contributed by atoms with Crippen LogP contribution >= 0.6 is 92.8 Å². The molecule has 4 aromatic heterocycles. The van der Waals surface area contributed by atoms with Crippen molar-refractivity contribution in [3.05, 3.63) is 205 Å². The molecule has 0 bridgehead atoms. The molecule has 0 radical (unpaired) electrons. The highest BCUT2D eigenvalue weighted by Crippen LogP contribution is 2.34. The van der Waals surface area contributed by atoms with E-state index in [-0.39, 0.29) is 207 Å². The van der Waals surface area contributed by atoms with Gasteiger partial charge in [0, 0.05) is 103 Å². The van der Waals surface area contributed by atoms with Crippen LogP contribution in [0.15, 0.2) is 97.6 Å². The van der Waals surface area contributed by atoms with Gasteiger partial charge in [0.25, 0.3) is 29.5 Å². The molecule has 4 saturated carbocycles. The Hall–Kier alpha value is -9.36. The third-order valence-corrected chi connectivity index (χ3v) is 26.3. The zero-order valence-electron chi connectivity index (χ0n) is 78.5. The van der Waals surface area contributed by atoms with Crippen LogP contribution in [-0.2, 0) is 58.2 Å². The highest BCUT2D eigenvalue weighted by Gasteiger charge is 2.34. The molecule has 0 spiro atoms. The molecule has 1 unspecified atom stereocenters. The molecule has 736 valence electrons. The number of nitrogens with one attached hydrogen (secondary N) is 4. The number of nitrogens with zero attached hydrogens (tertiary/aromatic N) is 8. The maximum atomic E-state index is 13.2. The monoisotopic (exact) mass is 2030 g/mol. The van der Waals surface area contributed by atoms with Crippen molar-refractivity contribution in [1.82, 2.24) is 60.4 Å². The summed E-state index contributed by atoms with van der Waals surface area (Å²) in [5, 5.41) is 31.2. The first-order valence-corrected chi connectivity index (χ1v) is 50.2. The lowest BCUT2D eigenvalue weighted by Crippen LogP contribution is -2.40. The van der Waals surface area contributed by atoms with Gasteiger partial charge in [-0.2, -0.15) is 20.4 Å². The van der Waals surface area contributed by atoms with Crippen LogP contribution in [-0.4, -0.2) is 146 Å². The first kappa shape index (κ1) is 110. The van der Waals surface area contributed by atoms with Crippen molar-refractivity contribution in [3.8, 4) is 0 Å². The van der Waals surface area contributed by atoms with Crippen LogP contribution in [0.25, 0.3) is 0 Å². The number of carbonyl (C=O) groups excluding carboxylic acids is 12. The number of nitrogens with two attached hydrogens (primary N) is 1. The molecule has 1 atom stereocenters. The van der Waals surface area contributed by atoms with E-state index >= 15 is 0 Å². The topological polar surface area (TPSA) is 378 Å². The predicted molar refractivity (Wildman–Crippen MR) is 528 cm³/mol. The summed E-state index contributed by atoms with van der Waals surface area (Å²) < 4.78 is 20.3. The Kier molecular flexibility index (Phi) is 44.5. The molecule has 0 saturated heterocycles. The maximum absolute atomic E-state index is 13.2. The van der Waals surface area contributed by atoms with Crippen molar-refractivity contribution in [3.63, 3.8) is 0 Å². The Morgan fingerprint density at radius 3 is 0.971 bits per heavy atom. The Bertz CT molecular complexity index is 5380. The molecule has 6 N–H and O–H groups in total. The number of halogens is 8. The number of esters is 1. The smallest absolute Gasteiger partial charge is 0.442 e. The fraction of sp³-hybridized carbons (Fsp3) is 0.520. The summed E-state index contributed by atoms with van der Waals surface area (Å²) in [4.78, 5) is 154. The van der Waals surface area contributed by atoms with Crippen LogP contribution in [0.2, 0.25) is 40.2 Å². The lowest BCUT2D eigenvalue weighted by molar-refractivity contribution is -0.157. The third kappa shape index (κ3) is 33.7. The SMILES string of the molecule is CC(C)(C)C(=O)OCn1cc(CC(=O)c2c(Cl)cccc2Cl)c(C(=O)NC2CCCCC2)n1.CC(C)C(N)C(=O)n1cc(CC(=O)c2c(Cl)cccc2Cl)c(C(=O)NC2CCCCC2)n1.CC(C)OC(=O)OCn1cc(CC(=O)c2c(Cl)cccc2Cl)c(C(=O)NC2CCCCC2)n1.CCCCCCCCCCCC(=O)n1cc(CC(=O)c2c(Cl)cccc2Cl)c(C(=O)NC2CCCCC2)n1. The molecule has 28 nitrogen and oxygen atoms in total. The summed E-state index contributed by atoms with van der Waals surface area (Å²) in [5.41, 5.74) is 7.99. The number of hydrogen-bond acceptors (Lipinski definition) is 20. The van der Waals surface area contributed by atoms with Gasteiger partial charge >= 0.3 is 12.1 Å². The number of unbranched alkanes of at least 4 members (excludes halogenated alkanes) is 8. The average Bonchev–Trinajstić information content (AvgIpc) is 1.64. The molecule has 4 heterocycles. The van der Waals surface area contributed by atoms with Crippen molar-refractivity contribution in [2.24, 2.45) is 17.1 Å². The Balaban J connectivity index is 0.000000204. The first-order valence-electron chi connectivity index (χ1n) is 47.1. The van der Waals surface area contributed by atoms with Gasteiger partial charge in [-0.1, -0.05) is 266 Å². The summed E-state index contributed by atoms with van der Waals surface area (Å²) in [7, 11) is 0. The van der Waals surface area contributed by atoms with Crippen LogP contribution in [0.4, 0.5) is 4.79 Å². The minimum atomic E-state index is -0.853. The van der Waals surface area contributed by atoms with Gasteiger partial charge in [0.05, 0.1) is 80.0 Å². The van der Waals surface area contributed by atoms with Crippen LogP contribution in [0, 0.1) is 11.3 Å². The van der Waals surface area contributed by atoms with E-state index in [2.05, 4.69) is 48.6 Å². The Morgan fingerprint density at radius 2 is 0.669 bits per heavy atom. The molecule has 4 aliphatic rings. The summed E-state index contributed by atoms with van der Waals surface area (Å²) in [6, 6.07) is 18.8. The van der Waals surface area contributed by atoms with E-state index in [1.807, 2.05) is 13.8 Å². The minimum Gasteiger partial charge on any atom is -0.442 e. The Labute approximate surface area is 835 Å². The van der Waals surface area contributed by atoms with E-state index in [1.165, 1.54) is 84.0 Å². The van der Waals surface area contributed by atoms with Crippen molar-refractivity contribution in [2.45, 2.75) is 323 Å². The first-order chi connectivity index (χ1) is 64.9. The number of Topliss-reactive ketones (excluding diaryl/α,β-unsaturated/α-hetero) is 4. The molecule has 4 aliphatic carbocycles. The highest BCUT2D eigenvalue weighted by molar-refractivity contribution is 6.42. The van der Waals surface area contributed by atoms with Gasteiger partial charge in [-0.25, -0.2) is 23.5 Å². The van der Waals surface area contributed by atoms with Crippen molar-refractivity contribution in [1.29, 1.82) is 0 Å². The van der Waals surface area contributed by atoms with E-state index in [0.29, 0.717) is 28.7 Å². The summed E-state index contributed by atoms with van der Waals surface area (Å²) >= 11 is 49.6. The quantitative estimate of drug-likeness (QED) is 0.0137. The maximum Gasteiger partial charge on any atom is 0.510 e. The third-order valence-electron chi connectivity index (χ3n) is 23.8. The zero-order chi connectivity index (χ0) is 98.9. The number of rotatable bonds is 37. The van der Waals surface area contributed by atoms with Crippen LogP contribution < -0.4 is 27.0 Å². The number of benzene rings is 4. The molecular weight excluding hydrogens is 1910 g/mol. The second-order valence-corrected chi connectivity index (χ2v) is 39.8. The second-order valence-electron chi connectivity index (χ2n) is 36.6. The van der Waals surface area contributed by atoms with Gasteiger partial charge in [0.1, 0.15) is 0 Å².